The first-order chi connectivity index (χ1) is 16.6. The van der Waals surface area contributed by atoms with Crippen LogP contribution in [0, 0.1) is 6.92 Å². The highest BCUT2D eigenvalue weighted by molar-refractivity contribution is 7.98. The summed E-state index contributed by atoms with van der Waals surface area (Å²) in [6, 6.07) is 23.6. The first kappa shape index (κ1) is 23.9. The summed E-state index contributed by atoms with van der Waals surface area (Å²) < 4.78 is 13.6. The topological polar surface area (TPSA) is 61.5 Å². The first-order valence-corrected chi connectivity index (χ1v) is 12.3. The number of thioether (sulfide) groups is 1. The lowest BCUT2D eigenvalue weighted by Gasteiger charge is -2.12. The molecule has 0 amide bonds. The Morgan fingerprint density at radius 2 is 1.74 bits per heavy atom. The molecule has 1 aromatic heterocycles. The molecular weight excluding hydrogens is 468 g/mol. The van der Waals surface area contributed by atoms with Crippen molar-refractivity contribution in [2.75, 3.05) is 6.61 Å². The van der Waals surface area contributed by atoms with Crippen molar-refractivity contribution in [2.45, 2.75) is 31.4 Å². The van der Waals surface area contributed by atoms with Gasteiger partial charge in [-0.25, -0.2) is 0 Å². The fraction of sp³-hybridized carbons (Fsp3) is 0.192. The molecule has 0 aliphatic rings. The van der Waals surface area contributed by atoms with Crippen molar-refractivity contribution >= 4 is 29.6 Å². The number of halogens is 1. The molecule has 174 valence electrons. The van der Waals surface area contributed by atoms with Gasteiger partial charge >= 0.3 is 0 Å². The van der Waals surface area contributed by atoms with Crippen LogP contribution in [-0.2, 0) is 12.4 Å². The molecule has 0 atom stereocenters. The number of rotatable bonds is 10. The van der Waals surface area contributed by atoms with Gasteiger partial charge in [-0.1, -0.05) is 65.8 Å². The summed E-state index contributed by atoms with van der Waals surface area (Å²) in [7, 11) is 0. The van der Waals surface area contributed by atoms with Crippen LogP contribution in [0.25, 0.3) is 0 Å². The molecule has 0 saturated carbocycles. The van der Waals surface area contributed by atoms with E-state index in [1.54, 1.807) is 22.7 Å². The maximum absolute atomic E-state index is 5.99. The zero-order valence-electron chi connectivity index (χ0n) is 19.0. The molecule has 6 nitrogen and oxygen atoms in total. The molecular formula is C26H25ClN4O2S. The van der Waals surface area contributed by atoms with Gasteiger partial charge in [-0.15, -0.1) is 10.2 Å². The van der Waals surface area contributed by atoms with Crippen molar-refractivity contribution in [2.24, 2.45) is 5.10 Å². The second kappa shape index (κ2) is 11.7. The van der Waals surface area contributed by atoms with Gasteiger partial charge in [0.1, 0.15) is 6.61 Å². The van der Waals surface area contributed by atoms with Crippen LogP contribution in [0.3, 0.4) is 0 Å². The summed E-state index contributed by atoms with van der Waals surface area (Å²) in [5, 5.41) is 14.5. The van der Waals surface area contributed by atoms with E-state index < -0.39 is 0 Å². The molecule has 4 aromatic rings. The second-order valence-corrected chi connectivity index (χ2v) is 8.79. The van der Waals surface area contributed by atoms with Crippen molar-refractivity contribution in [3.05, 3.63) is 100 Å². The van der Waals surface area contributed by atoms with Crippen molar-refractivity contribution in [1.29, 1.82) is 0 Å². The molecule has 0 saturated heterocycles. The third kappa shape index (κ3) is 6.40. The Labute approximate surface area is 208 Å². The van der Waals surface area contributed by atoms with E-state index in [0.717, 1.165) is 27.9 Å². The number of nitrogens with zero attached hydrogens (tertiary/aromatic N) is 4. The molecule has 0 radical (unpaired) electrons. The average molecular weight is 493 g/mol. The van der Waals surface area contributed by atoms with Crippen molar-refractivity contribution in [3.63, 3.8) is 0 Å². The van der Waals surface area contributed by atoms with Gasteiger partial charge in [0.2, 0.25) is 5.16 Å². The van der Waals surface area contributed by atoms with Crippen LogP contribution >= 0.6 is 23.4 Å². The molecule has 0 fully saturated rings. The van der Waals surface area contributed by atoms with E-state index in [4.69, 9.17) is 21.1 Å². The minimum absolute atomic E-state index is 0.423. The Bertz CT molecular complexity index is 1240. The summed E-state index contributed by atoms with van der Waals surface area (Å²) in [5.74, 6) is 2.86. The summed E-state index contributed by atoms with van der Waals surface area (Å²) in [6.07, 6.45) is 1.77. The lowest BCUT2D eigenvalue weighted by molar-refractivity contribution is 0.269. The Kier molecular flexibility index (Phi) is 8.22. The van der Waals surface area contributed by atoms with Crippen LogP contribution in [0.5, 0.6) is 11.5 Å². The third-order valence-electron chi connectivity index (χ3n) is 4.88. The van der Waals surface area contributed by atoms with E-state index >= 15 is 0 Å². The molecule has 0 aliphatic heterocycles. The van der Waals surface area contributed by atoms with Gasteiger partial charge in [0.05, 0.1) is 12.8 Å². The van der Waals surface area contributed by atoms with E-state index in [9.17, 15) is 0 Å². The fourth-order valence-electron chi connectivity index (χ4n) is 3.14. The van der Waals surface area contributed by atoms with E-state index in [-0.39, 0.29) is 0 Å². The first-order valence-electron chi connectivity index (χ1n) is 10.9. The average Bonchev–Trinajstić information content (AvgIpc) is 3.21. The van der Waals surface area contributed by atoms with Crippen LogP contribution in [-0.4, -0.2) is 27.7 Å². The fourth-order valence-corrected chi connectivity index (χ4v) is 4.16. The van der Waals surface area contributed by atoms with Crippen LogP contribution in [0.1, 0.15) is 29.4 Å². The second-order valence-electron chi connectivity index (χ2n) is 7.41. The van der Waals surface area contributed by atoms with Crippen LogP contribution < -0.4 is 9.47 Å². The Balaban J connectivity index is 1.47. The maximum Gasteiger partial charge on any atom is 0.212 e. The van der Waals surface area contributed by atoms with Gasteiger partial charge in [0.15, 0.2) is 17.3 Å². The van der Waals surface area contributed by atoms with Gasteiger partial charge in [-0.3, -0.25) is 0 Å². The third-order valence-corrected chi connectivity index (χ3v) is 6.12. The molecule has 0 N–H and O–H groups in total. The molecule has 0 aliphatic carbocycles. The largest absolute Gasteiger partial charge is 0.490 e. The molecule has 1 heterocycles. The number of ether oxygens (including phenoxy) is 2. The lowest BCUT2D eigenvalue weighted by Crippen LogP contribution is -2.01. The highest BCUT2D eigenvalue weighted by atomic mass is 35.5. The molecule has 0 spiro atoms. The molecule has 0 unspecified atom stereocenters. The van der Waals surface area contributed by atoms with Crippen LogP contribution in [0.15, 0.2) is 83.1 Å². The van der Waals surface area contributed by atoms with Crippen LogP contribution in [0.4, 0.5) is 0 Å². The van der Waals surface area contributed by atoms with E-state index in [2.05, 4.69) is 27.4 Å². The highest BCUT2D eigenvalue weighted by Gasteiger charge is 2.10. The number of hydrogen-bond acceptors (Lipinski definition) is 6. The lowest BCUT2D eigenvalue weighted by atomic mass is 10.2. The number of hydrogen-bond donors (Lipinski definition) is 0. The monoisotopic (exact) mass is 492 g/mol. The van der Waals surface area contributed by atoms with Gasteiger partial charge in [-0.05, 0) is 60.9 Å². The summed E-state index contributed by atoms with van der Waals surface area (Å²) in [4.78, 5) is 0. The maximum atomic E-state index is 5.99. The Morgan fingerprint density at radius 1 is 0.941 bits per heavy atom. The molecule has 0 bridgehead atoms. The van der Waals surface area contributed by atoms with Gasteiger partial charge in [0.25, 0.3) is 0 Å². The molecule has 3 aromatic carbocycles. The molecule has 34 heavy (non-hydrogen) atoms. The zero-order valence-corrected chi connectivity index (χ0v) is 20.6. The SMILES string of the molecule is CCOc1cc(/C=N/n2c(C)nnc2SCc2ccccc2)ccc1OCc1ccc(Cl)cc1. The molecule has 8 heteroatoms. The number of benzene rings is 3. The van der Waals surface area contributed by atoms with Gasteiger partial charge in [0, 0.05) is 10.8 Å². The van der Waals surface area contributed by atoms with Crippen molar-refractivity contribution in [1.82, 2.24) is 14.9 Å². The van der Waals surface area contributed by atoms with Crippen molar-refractivity contribution < 1.29 is 9.47 Å². The van der Waals surface area contributed by atoms with Crippen molar-refractivity contribution in [3.8, 4) is 11.5 Å². The Morgan fingerprint density at radius 3 is 2.50 bits per heavy atom. The smallest absolute Gasteiger partial charge is 0.212 e. The standard InChI is InChI=1S/C26H25ClN4O2S/c1-3-32-25-15-22(11-14-24(25)33-17-20-9-12-23(27)13-10-20)16-28-31-19(2)29-30-26(31)34-18-21-7-5-4-6-8-21/h4-16H,3,17-18H2,1-2H3/b28-16+. The van der Waals surface area contributed by atoms with Crippen LogP contribution in [0.2, 0.25) is 5.02 Å². The van der Waals surface area contributed by atoms with E-state index in [1.165, 1.54) is 5.56 Å². The van der Waals surface area contributed by atoms with E-state index in [1.807, 2.05) is 74.5 Å². The predicted molar refractivity (Wildman–Crippen MR) is 137 cm³/mol. The predicted octanol–water partition coefficient (Wildman–Crippen LogP) is 6.39. The summed E-state index contributed by atoms with van der Waals surface area (Å²) in [5.41, 5.74) is 3.13. The zero-order chi connectivity index (χ0) is 23.8. The normalized spacial score (nSPS) is 11.1. The molecule has 4 rings (SSSR count). The minimum atomic E-state index is 0.423. The van der Waals surface area contributed by atoms with Gasteiger partial charge < -0.3 is 9.47 Å². The highest BCUT2D eigenvalue weighted by Crippen LogP contribution is 2.29. The van der Waals surface area contributed by atoms with E-state index in [0.29, 0.717) is 29.7 Å². The quantitative estimate of drug-likeness (QED) is 0.189. The minimum Gasteiger partial charge on any atom is -0.490 e. The van der Waals surface area contributed by atoms with Gasteiger partial charge in [-0.2, -0.15) is 9.78 Å². The Hall–Kier alpha value is -3.29. The summed E-state index contributed by atoms with van der Waals surface area (Å²) >= 11 is 7.56. The number of aryl methyl sites for hydroxylation is 1. The summed E-state index contributed by atoms with van der Waals surface area (Å²) in [6.45, 7) is 4.78. The number of aromatic nitrogens is 3.